The molecule has 10 nitrogen and oxygen atoms in total. The summed E-state index contributed by atoms with van der Waals surface area (Å²) < 4.78 is 0. The zero-order valence-corrected chi connectivity index (χ0v) is 19.8. The van der Waals surface area contributed by atoms with Gasteiger partial charge in [-0.15, -0.1) is 0 Å². The second kappa shape index (κ2) is 26.0. The number of aliphatic carboxylic acids is 1. The molecule has 0 bridgehead atoms. The molecule has 1 unspecified atom stereocenters. The highest BCUT2D eigenvalue weighted by Gasteiger charge is 2.16. The molecule has 1 fully saturated rings. The van der Waals surface area contributed by atoms with Crippen molar-refractivity contribution in [3.63, 3.8) is 0 Å². The molecule has 1 aliphatic rings. The number of carboxylic acids is 1. The Hall–Kier alpha value is -1.30. The van der Waals surface area contributed by atoms with Crippen LogP contribution in [-0.4, -0.2) is 35.7 Å². The highest BCUT2D eigenvalue weighted by Crippen LogP contribution is 2.19. The van der Waals surface area contributed by atoms with Crippen molar-refractivity contribution in [1.82, 2.24) is 33.0 Å². The zero-order chi connectivity index (χ0) is 23.5. The maximum atomic E-state index is 11.5. The second-order valence-corrected chi connectivity index (χ2v) is 8.37. The van der Waals surface area contributed by atoms with Gasteiger partial charge < -0.3 is 10.2 Å². The minimum atomic E-state index is -0.598. The Morgan fingerprint density at radius 2 is 0.906 bits per heavy atom. The lowest BCUT2D eigenvalue weighted by atomic mass is 9.94. The highest BCUT2D eigenvalue weighted by atomic mass is 16.4. The van der Waals surface area contributed by atoms with Crippen LogP contribution in [0.2, 0.25) is 0 Å². The molecule has 0 amide bonds. The summed E-state index contributed by atoms with van der Waals surface area (Å²) in [6, 6.07) is 0. The van der Waals surface area contributed by atoms with E-state index >= 15 is 0 Å². The summed E-state index contributed by atoms with van der Waals surface area (Å²) in [4.78, 5) is 19.8. The Balaban J connectivity index is 0.00000302. The van der Waals surface area contributed by atoms with Crippen LogP contribution >= 0.6 is 0 Å². The molecule has 190 valence electrons. The van der Waals surface area contributed by atoms with Gasteiger partial charge in [-0.3, -0.25) is 9.59 Å². The van der Waals surface area contributed by atoms with Gasteiger partial charge in [-0.05, 0) is 25.7 Å². The third kappa shape index (κ3) is 23.4. The first-order valence-electron chi connectivity index (χ1n) is 12.5. The maximum absolute atomic E-state index is 11.5. The fraction of sp³-hybridized carbons (Fsp3) is 0.909. The monoisotopic (exact) mass is 460 g/mol. The van der Waals surface area contributed by atoms with E-state index in [9.17, 15) is 9.90 Å². The molecule has 0 aromatic heterocycles. The molecule has 0 aromatic carbocycles. The number of rotatable bonds is 1. The predicted molar refractivity (Wildman–Crippen MR) is 127 cm³/mol. The maximum Gasteiger partial charge on any atom is 0.306 e. The van der Waals surface area contributed by atoms with Gasteiger partial charge >= 0.3 is 5.97 Å². The molecular formula is C22H48N6O4. The lowest BCUT2D eigenvalue weighted by molar-refractivity contribution is -0.142. The normalized spacial score (nSPS) is 23.2. The average Bonchev–Trinajstić information content (AvgIpc) is 2.77. The van der Waals surface area contributed by atoms with E-state index in [1.807, 2.05) is 0 Å². The molecule has 1 aliphatic heterocycles. The summed E-state index contributed by atoms with van der Waals surface area (Å²) in [6.07, 6.45) is 19.8. The number of carboxylic acid groups (broad SMARTS) is 2. The lowest BCUT2D eigenvalue weighted by Crippen LogP contribution is -2.58. The largest absolute Gasteiger partial charge is 0.483 e. The molecule has 1 saturated heterocycles. The van der Waals surface area contributed by atoms with Crippen molar-refractivity contribution in [2.75, 3.05) is 13.1 Å². The topological polar surface area (TPSA) is 147 Å². The fourth-order valence-electron chi connectivity index (χ4n) is 3.82. The van der Waals surface area contributed by atoms with E-state index in [4.69, 9.17) is 9.90 Å². The number of hydrogen-bond acceptors (Lipinski definition) is 8. The van der Waals surface area contributed by atoms with E-state index in [2.05, 4.69) is 33.0 Å². The van der Waals surface area contributed by atoms with Gasteiger partial charge in [-0.1, -0.05) is 83.5 Å². The van der Waals surface area contributed by atoms with Crippen LogP contribution in [0.1, 0.15) is 109 Å². The Labute approximate surface area is 193 Å². The lowest BCUT2D eigenvalue weighted by Gasteiger charge is -2.13. The van der Waals surface area contributed by atoms with E-state index < -0.39 is 5.97 Å². The van der Waals surface area contributed by atoms with Gasteiger partial charge in [0.2, 0.25) is 0 Å². The summed E-state index contributed by atoms with van der Waals surface area (Å²) >= 11 is 0. The van der Waals surface area contributed by atoms with Gasteiger partial charge in [-0.25, -0.2) is 10.9 Å². The minimum Gasteiger partial charge on any atom is -0.483 e. The number of carbonyl (C=O) groups is 2. The fourth-order valence-corrected chi connectivity index (χ4v) is 3.82. The molecule has 0 saturated carbocycles. The number of nitrogens with one attached hydrogen (secondary N) is 6. The van der Waals surface area contributed by atoms with Gasteiger partial charge in [0, 0.05) is 13.1 Å². The van der Waals surface area contributed by atoms with E-state index in [0.29, 0.717) is 0 Å². The molecule has 0 aromatic rings. The quantitative estimate of drug-likeness (QED) is 0.274. The van der Waals surface area contributed by atoms with Gasteiger partial charge in [0.25, 0.3) is 6.47 Å². The average molecular weight is 461 g/mol. The van der Waals surface area contributed by atoms with Crippen LogP contribution in [0, 0.1) is 5.92 Å². The predicted octanol–water partition coefficient (Wildman–Crippen LogP) is 3.15. The molecule has 1 heterocycles. The van der Waals surface area contributed by atoms with Gasteiger partial charge in [-0.2, -0.15) is 22.1 Å². The van der Waals surface area contributed by atoms with E-state index in [1.54, 1.807) is 0 Å². The summed E-state index contributed by atoms with van der Waals surface area (Å²) in [5.74, 6) is -0.736. The molecule has 0 aliphatic carbocycles. The second-order valence-electron chi connectivity index (χ2n) is 8.37. The Morgan fingerprint density at radius 3 is 1.25 bits per heavy atom. The molecule has 1 rings (SSSR count). The van der Waals surface area contributed by atoms with Crippen molar-refractivity contribution in [2.45, 2.75) is 109 Å². The van der Waals surface area contributed by atoms with Gasteiger partial charge in [0.05, 0.1) is 5.92 Å². The van der Waals surface area contributed by atoms with E-state index in [-0.39, 0.29) is 12.4 Å². The summed E-state index contributed by atoms with van der Waals surface area (Å²) in [6.45, 7) is 1.58. The minimum absolute atomic E-state index is 0.138. The first kappa shape index (κ1) is 30.7. The van der Waals surface area contributed by atoms with Crippen LogP contribution in [0.5, 0.6) is 0 Å². The SMILES string of the molecule is O=C(O)C1CCCCCCCCCCCCNNNNNNCCCCCCC1.O=CO. The Kier molecular flexibility index (Phi) is 24.9. The zero-order valence-electron chi connectivity index (χ0n) is 19.8. The van der Waals surface area contributed by atoms with Crippen LogP contribution in [0.15, 0.2) is 0 Å². The smallest absolute Gasteiger partial charge is 0.306 e. The molecule has 0 spiro atoms. The summed E-state index contributed by atoms with van der Waals surface area (Å²) in [5, 5.41) is 16.3. The first-order chi connectivity index (χ1) is 15.7. The van der Waals surface area contributed by atoms with E-state index in [1.165, 1.54) is 70.6 Å². The number of hydrogen-bond donors (Lipinski definition) is 8. The van der Waals surface area contributed by atoms with Crippen LogP contribution < -0.4 is 33.0 Å². The molecule has 10 heteroatoms. The van der Waals surface area contributed by atoms with Crippen molar-refractivity contribution >= 4 is 12.4 Å². The summed E-state index contributed by atoms with van der Waals surface area (Å²) in [5.41, 5.74) is 17.7. The van der Waals surface area contributed by atoms with Crippen LogP contribution in [-0.2, 0) is 9.59 Å². The standard InChI is InChI=1S/C21H46N6O2.CH2O2/c28-21(29)20-16-12-8-5-3-1-2-4-6-10-14-18-22-24-26-27-25-23-19-15-11-7-9-13-17-20;2-1-3/h20,22-27H,1-19H2,(H,28,29);1H,(H,2,3). The van der Waals surface area contributed by atoms with Crippen LogP contribution in [0.3, 0.4) is 0 Å². The summed E-state index contributed by atoms with van der Waals surface area (Å²) in [7, 11) is 0. The van der Waals surface area contributed by atoms with Crippen molar-refractivity contribution in [3.8, 4) is 0 Å². The van der Waals surface area contributed by atoms with Gasteiger partial charge in [0.15, 0.2) is 0 Å². The van der Waals surface area contributed by atoms with Crippen LogP contribution in [0.25, 0.3) is 0 Å². The molecule has 32 heavy (non-hydrogen) atoms. The van der Waals surface area contributed by atoms with Crippen molar-refractivity contribution < 1.29 is 19.8 Å². The number of hydrazine groups is 5. The van der Waals surface area contributed by atoms with Gasteiger partial charge in [0.1, 0.15) is 0 Å². The third-order valence-electron chi connectivity index (χ3n) is 5.67. The highest BCUT2D eigenvalue weighted by molar-refractivity contribution is 5.69. The van der Waals surface area contributed by atoms with Crippen molar-refractivity contribution in [2.24, 2.45) is 5.92 Å². The van der Waals surface area contributed by atoms with Crippen molar-refractivity contribution in [3.05, 3.63) is 0 Å². The van der Waals surface area contributed by atoms with E-state index in [0.717, 1.165) is 51.6 Å². The molecule has 8 N–H and O–H groups in total. The molecule has 1 atom stereocenters. The Bertz CT molecular complexity index is 392. The molecular weight excluding hydrogens is 412 g/mol. The Morgan fingerprint density at radius 1 is 0.594 bits per heavy atom. The first-order valence-corrected chi connectivity index (χ1v) is 12.5. The van der Waals surface area contributed by atoms with Crippen molar-refractivity contribution in [1.29, 1.82) is 0 Å². The molecule has 0 radical (unpaired) electrons. The third-order valence-corrected chi connectivity index (χ3v) is 5.67. The van der Waals surface area contributed by atoms with Crippen LogP contribution in [0.4, 0.5) is 0 Å².